The summed E-state index contributed by atoms with van der Waals surface area (Å²) >= 11 is 0. The van der Waals surface area contributed by atoms with Crippen molar-refractivity contribution in [2.45, 2.75) is 37.9 Å². The van der Waals surface area contributed by atoms with Gasteiger partial charge in [-0.1, -0.05) is 12.8 Å². The van der Waals surface area contributed by atoms with Crippen LogP contribution >= 0.6 is 0 Å². The molecule has 20 heavy (non-hydrogen) atoms. The molecule has 0 radical (unpaired) electrons. The fraction of sp³-hybridized carbons (Fsp3) is 0.462. The highest BCUT2D eigenvalue weighted by Gasteiger charge is 2.32. The number of aromatic nitrogens is 2. The summed E-state index contributed by atoms with van der Waals surface area (Å²) < 4.78 is 40.3. The van der Waals surface area contributed by atoms with E-state index < -0.39 is 11.7 Å². The average Bonchev–Trinajstić information content (AvgIpc) is 3.02. The molecule has 0 unspecified atom stereocenters. The largest absolute Gasteiger partial charge is 0.416 e. The van der Waals surface area contributed by atoms with Gasteiger partial charge in [-0.25, -0.2) is 10.8 Å². The third-order valence-corrected chi connectivity index (χ3v) is 3.84. The van der Waals surface area contributed by atoms with E-state index in [-0.39, 0.29) is 6.04 Å². The first-order chi connectivity index (χ1) is 9.50. The van der Waals surface area contributed by atoms with Crippen molar-refractivity contribution in [3.8, 4) is 0 Å². The number of hydrogen-bond donors (Lipinski definition) is 2. The molecule has 0 amide bonds. The summed E-state index contributed by atoms with van der Waals surface area (Å²) in [6, 6.07) is 3.76. The standard InChI is InChI=1S/C13H15F3N4/c14-13(15,16)8-5-6-10-11(7-8)20(12(18-10)19-17)9-3-1-2-4-9/h5-7,9H,1-4,17H2,(H,18,19). The second-order valence-corrected chi connectivity index (χ2v) is 5.09. The molecular formula is C13H15F3N4. The molecule has 1 saturated carbocycles. The molecule has 0 atom stereocenters. The SMILES string of the molecule is NNc1nc2ccc(C(F)(F)F)cc2n1C1CCCC1. The molecule has 4 nitrogen and oxygen atoms in total. The second kappa shape index (κ2) is 4.66. The van der Waals surface area contributed by atoms with E-state index in [0.29, 0.717) is 17.0 Å². The van der Waals surface area contributed by atoms with Gasteiger partial charge in [0.1, 0.15) is 0 Å². The number of fused-ring (bicyclic) bond motifs is 1. The van der Waals surface area contributed by atoms with Gasteiger partial charge in [-0.05, 0) is 31.0 Å². The van der Waals surface area contributed by atoms with E-state index in [2.05, 4.69) is 10.4 Å². The number of hydrazine groups is 1. The highest BCUT2D eigenvalue weighted by atomic mass is 19.4. The number of nitrogens with one attached hydrogen (secondary N) is 1. The Morgan fingerprint density at radius 1 is 1.25 bits per heavy atom. The number of nitrogens with two attached hydrogens (primary N) is 1. The predicted molar refractivity (Wildman–Crippen MR) is 70.1 cm³/mol. The molecule has 108 valence electrons. The van der Waals surface area contributed by atoms with E-state index in [1.165, 1.54) is 6.07 Å². The molecule has 1 aliphatic rings. The Hall–Kier alpha value is -1.76. The minimum Gasteiger partial charge on any atom is -0.306 e. The maximum atomic E-state index is 12.8. The smallest absolute Gasteiger partial charge is 0.306 e. The zero-order chi connectivity index (χ0) is 14.3. The minimum atomic E-state index is -4.35. The third kappa shape index (κ3) is 2.11. The Kier molecular flexibility index (Phi) is 3.08. The van der Waals surface area contributed by atoms with Crippen molar-refractivity contribution < 1.29 is 13.2 Å². The minimum absolute atomic E-state index is 0.162. The monoisotopic (exact) mass is 284 g/mol. The van der Waals surface area contributed by atoms with Crippen LogP contribution in [0.1, 0.15) is 37.3 Å². The van der Waals surface area contributed by atoms with Gasteiger partial charge in [0.05, 0.1) is 16.6 Å². The van der Waals surface area contributed by atoms with Gasteiger partial charge in [0.15, 0.2) is 0 Å². The Balaban J connectivity index is 2.18. The zero-order valence-corrected chi connectivity index (χ0v) is 10.7. The lowest BCUT2D eigenvalue weighted by atomic mass is 10.1. The van der Waals surface area contributed by atoms with Gasteiger partial charge >= 0.3 is 6.18 Å². The molecule has 1 aromatic heterocycles. The van der Waals surface area contributed by atoms with Crippen LogP contribution in [-0.2, 0) is 6.18 Å². The Morgan fingerprint density at radius 3 is 2.55 bits per heavy atom. The highest BCUT2D eigenvalue weighted by Crippen LogP contribution is 2.37. The molecule has 0 aliphatic heterocycles. The van der Waals surface area contributed by atoms with Crippen molar-refractivity contribution in [1.29, 1.82) is 0 Å². The summed E-state index contributed by atoms with van der Waals surface area (Å²) in [7, 11) is 0. The van der Waals surface area contributed by atoms with Crippen LogP contribution in [0.4, 0.5) is 19.1 Å². The van der Waals surface area contributed by atoms with Crippen molar-refractivity contribution in [1.82, 2.24) is 9.55 Å². The summed E-state index contributed by atoms with van der Waals surface area (Å²) in [5.74, 6) is 5.87. The van der Waals surface area contributed by atoms with Crippen LogP contribution in [0.2, 0.25) is 0 Å². The van der Waals surface area contributed by atoms with Crippen molar-refractivity contribution in [3.05, 3.63) is 23.8 Å². The molecule has 1 fully saturated rings. The molecule has 0 spiro atoms. The van der Waals surface area contributed by atoms with E-state index in [1.54, 1.807) is 4.57 Å². The van der Waals surface area contributed by atoms with Crippen LogP contribution in [0.5, 0.6) is 0 Å². The van der Waals surface area contributed by atoms with Crippen molar-refractivity contribution in [3.63, 3.8) is 0 Å². The normalized spacial score (nSPS) is 17.0. The fourth-order valence-corrected chi connectivity index (χ4v) is 2.90. The number of anilines is 1. The Bertz CT molecular complexity index is 626. The number of rotatable bonds is 2. The summed E-state index contributed by atoms with van der Waals surface area (Å²) in [4.78, 5) is 4.26. The van der Waals surface area contributed by atoms with Crippen LogP contribution in [0.25, 0.3) is 11.0 Å². The van der Waals surface area contributed by atoms with E-state index in [0.717, 1.165) is 37.8 Å². The first-order valence-corrected chi connectivity index (χ1v) is 6.56. The van der Waals surface area contributed by atoms with Gasteiger partial charge in [-0.15, -0.1) is 0 Å². The van der Waals surface area contributed by atoms with Crippen LogP contribution in [0, 0.1) is 0 Å². The molecule has 0 bridgehead atoms. The number of nitrogens with zero attached hydrogens (tertiary/aromatic N) is 2. The molecule has 7 heteroatoms. The average molecular weight is 284 g/mol. The Morgan fingerprint density at radius 2 is 1.95 bits per heavy atom. The van der Waals surface area contributed by atoms with Crippen LogP contribution in [0.3, 0.4) is 0 Å². The van der Waals surface area contributed by atoms with Crippen LogP contribution in [-0.4, -0.2) is 9.55 Å². The predicted octanol–water partition coefficient (Wildman–Crippen LogP) is 3.46. The van der Waals surface area contributed by atoms with E-state index in [4.69, 9.17) is 5.84 Å². The highest BCUT2D eigenvalue weighted by molar-refractivity contribution is 5.79. The quantitative estimate of drug-likeness (QED) is 0.656. The van der Waals surface area contributed by atoms with Gasteiger partial charge in [0.25, 0.3) is 0 Å². The summed E-state index contributed by atoms with van der Waals surface area (Å²) in [6.07, 6.45) is -0.317. The maximum Gasteiger partial charge on any atom is 0.416 e. The molecular weight excluding hydrogens is 269 g/mol. The molecule has 3 N–H and O–H groups in total. The van der Waals surface area contributed by atoms with Gasteiger partial charge in [0.2, 0.25) is 5.95 Å². The number of halogens is 3. The molecule has 0 saturated heterocycles. The lowest BCUT2D eigenvalue weighted by Crippen LogP contribution is -2.15. The second-order valence-electron chi connectivity index (χ2n) is 5.09. The first-order valence-electron chi connectivity index (χ1n) is 6.56. The lowest BCUT2D eigenvalue weighted by Gasteiger charge is -2.16. The fourth-order valence-electron chi connectivity index (χ4n) is 2.90. The van der Waals surface area contributed by atoms with Crippen LogP contribution in [0.15, 0.2) is 18.2 Å². The number of hydrogen-bond acceptors (Lipinski definition) is 3. The van der Waals surface area contributed by atoms with Crippen LogP contribution < -0.4 is 11.3 Å². The summed E-state index contributed by atoms with van der Waals surface area (Å²) in [5.41, 5.74) is 2.84. The molecule has 1 aliphatic carbocycles. The molecule has 3 rings (SSSR count). The topological polar surface area (TPSA) is 55.9 Å². The zero-order valence-electron chi connectivity index (χ0n) is 10.7. The van der Waals surface area contributed by atoms with Crippen molar-refractivity contribution >= 4 is 17.0 Å². The molecule has 1 heterocycles. The van der Waals surface area contributed by atoms with Gasteiger partial charge in [0, 0.05) is 6.04 Å². The number of alkyl halides is 3. The van der Waals surface area contributed by atoms with Gasteiger partial charge in [-0.2, -0.15) is 13.2 Å². The number of nitrogen functional groups attached to an aromatic ring is 1. The summed E-state index contributed by atoms with van der Waals surface area (Å²) in [5, 5.41) is 0. The Labute approximate surface area is 113 Å². The van der Waals surface area contributed by atoms with Gasteiger partial charge in [-0.3, -0.25) is 5.43 Å². The van der Waals surface area contributed by atoms with Gasteiger partial charge < -0.3 is 4.57 Å². The lowest BCUT2D eigenvalue weighted by molar-refractivity contribution is -0.137. The molecule has 1 aromatic carbocycles. The number of imidazole rings is 1. The van der Waals surface area contributed by atoms with E-state index in [1.807, 2.05) is 0 Å². The van der Waals surface area contributed by atoms with Crippen molar-refractivity contribution in [2.75, 3.05) is 5.43 Å². The molecule has 2 aromatic rings. The maximum absolute atomic E-state index is 12.8. The number of benzene rings is 1. The van der Waals surface area contributed by atoms with Crippen molar-refractivity contribution in [2.24, 2.45) is 5.84 Å². The summed E-state index contributed by atoms with van der Waals surface area (Å²) in [6.45, 7) is 0. The van der Waals surface area contributed by atoms with E-state index >= 15 is 0 Å². The third-order valence-electron chi connectivity index (χ3n) is 3.84. The van der Waals surface area contributed by atoms with E-state index in [9.17, 15) is 13.2 Å². The first kappa shape index (κ1) is 13.2.